The maximum absolute atomic E-state index is 6.40. The molecule has 0 aliphatic carbocycles. The largest absolute Gasteiger partial charge is 0.381 e. The standard InChI is InChI=1S/C11H15ClOS/c12-11(8-10-2-1-7-14-10)9-3-5-13-6-4-9/h1-2,7,9,11H,3-6,8H2. The summed E-state index contributed by atoms with van der Waals surface area (Å²) in [7, 11) is 0. The molecule has 0 aromatic carbocycles. The molecule has 2 heterocycles. The maximum atomic E-state index is 6.40. The van der Waals surface area contributed by atoms with E-state index in [-0.39, 0.29) is 5.38 Å². The van der Waals surface area contributed by atoms with Crippen molar-refractivity contribution in [1.29, 1.82) is 0 Å². The van der Waals surface area contributed by atoms with Crippen LogP contribution < -0.4 is 0 Å². The summed E-state index contributed by atoms with van der Waals surface area (Å²) < 4.78 is 5.33. The van der Waals surface area contributed by atoms with E-state index < -0.39 is 0 Å². The highest BCUT2D eigenvalue weighted by Crippen LogP contribution is 2.26. The van der Waals surface area contributed by atoms with E-state index in [9.17, 15) is 0 Å². The predicted octanol–water partition coefficient (Wildman–Crippen LogP) is 3.32. The van der Waals surface area contributed by atoms with Gasteiger partial charge in [-0.2, -0.15) is 0 Å². The first-order chi connectivity index (χ1) is 6.86. The Morgan fingerprint density at radius 2 is 2.29 bits per heavy atom. The molecular formula is C11H15ClOS. The Labute approximate surface area is 94.0 Å². The topological polar surface area (TPSA) is 9.23 Å². The van der Waals surface area contributed by atoms with Crippen molar-refractivity contribution in [2.24, 2.45) is 5.92 Å². The fraction of sp³-hybridized carbons (Fsp3) is 0.636. The van der Waals surface area contributed by atoms with Crippen LogP contribution in [0.3, 0.4) is 0 Å². The SMILES string of the molecule is ClC(Cc1cccs1)C1CCOCC1. The molecule has 1 nitrogen and oxygen atoms in total. The Balaban J connectivity index is 1.85. The number of thiophene rings is 1. The second kappa shape index (κ2) is 5.15. The first-order valence-electron chi connectivity index (χ1n) is 5.10. The van der Waals surface area contributed by atoms with E-state index in [0.717, 1.165) is 32.5 Å². The highest BCUT2D eigenvalue weighted by molar-refractivity contribution is 7.09. The smallest absolute Gasteiger partial charge is 0.0469 e. The number of alkyl halides is 1. The molecule has 1 aromatic heterocycles. The van der Waals surface area contributed by atoms with E-state index in [0.29, 0.717) is 5.92 Å². The van der Waals surface area contributed by atoms with Gasteiger partial charge in [-0.15, -0.1) is 22.9 Å². The van der Waals surface area contributed by atoms with Crippen molar-refractivity contribution in [2.75, 3.05) is 13.2 Å². The minimum Gasteiger partial charge on any atom is -0.381 e. The Morgan fingerprint density at radius 1 is 1.50 bits per heavy atom. The molecule has 0 amide bonds. The van der Waals surface area contributed by atoms with Gasteiger partial charge in [0.1, 0.15) is 0 Å². The first-order valence-corrected chi connectivity index (χ1v) is 6.42. The zero-order chi connectivity index (χ0) is 9.80. The Kier molecular flexibility index (Phi) is 3.85. The molecule has 2 rings (SSSR count). The number of hydrogen-bond acceptors (Lipinski definition) is 2. The van der Waals surface area contributed by atoms with Crippen LogP contribution in [0.1, 0.15) is 17.7 Å². The summed E-state index contributed by atoms with van der Waals surface area (Å²) in [5.74, 6) is 0.646. The lowest BCUT2D eigenvalue weighted by Crippen LogP contribution is -2.25. The third-order valence-electron chi connectivity index (χ3n) is 2.75. The fourth-order valence-corrected chi connectivity index (χ4v) is 3.14. The van der Waals surface area contributed by atoms with Crippen LogP contribution in [0, 0.1) is 5.92 Å². The van der Waals surface area contributed by atoms with Crippen LogP contribution in [0.25, 0.3) is 0 Å². The summed E-state index contributed by atoms with van der Waals surface area (Å²) >= 11 is 8.20. The van der Waals surface area contributed by atoms with Crippen LogP contribution in [0.5, 0.6) is 0 Å². The Bertz CT molecular complexity index is 254. The van der Waals surface area contributed by atoms with Crippen LogP contribution in [0.4, 0.5) is 0 Å². The number of halogens is 1. The predicted molar refractivity (Wildman–Crippen MR) is 61.2 cm³/mol. The van der Waals surface area contributed by atoms with Gasteiger partial charge in [0.2, 0.25) is 0 Å². The van der Waals surface area contributed by atoms with E-state index in [1.807, 2.05) is 0 Å². The lowest BCUT2D eigenvalue weighted by atomic mass is 9.94. The summed E-state index contributed by atoms with van der Waals surface area (Å²) in [6.07, 6.45) is 3.27. The molecule has 1 aromatic rings. The van der Waals surface area contributed by atoms with Crippen molar-refractivity contribution < 1.29 is 4.74 Å². The molecule has 1 atom stereocenters. The summed E-state index contributed by atoms with van der Waals surface area (Å²) in [5.41, 5.74) is 0. The fourth-order valence-electron chi connectivity index (χ4n) is 1.87. The van der Waals surface area contributed by atoms with E-state index in [1.54, 1.807) is 11.3 Å². The normalized spacial score (nSPS) is 20.9. The molecule has 0 radical (unpaired) electrons. The van der Waals surface area contributed by atoms with Crippen molar-refractivity contribution in [1.82, 2.24) is 0 Å². The molecule has 1 saturated heterocycles. The van der Waals surface area contributed by atoms with Crippen LogP contribution in [0.2, 0.25) is 0 Å². The summed E-state index contributed by atoms with van der Waals surface area (Å²) in [6, 6.07) is 4.26. The summed E-state index contributed by atoms with van der Waals surface area (Å²) in [4.78, 5) is 1.40. The van der Waals surface area contributed by atoms with Gasteiger partial charge in [-0.05, 0) is 36.6 Å². The molecule has 1 fully saturated rings. The van der Waals surface area contributed by atoms with Crippen molar-refractivity contribution >= 4 is 22.9 Å². The van der Waals surface area contributed by atoms with Gasteiger partial charge in [-0.25, -0.2) is 0 Å². The molecule has 14 heavy (non-hydrogen) atoms. The molecule has 78 valence electrons. The minimum atomic E-state index is 0.289. The van der Waals surface area contributed by atoms with Crippen molar-refractivity contribution in [3.63, 3.8) is 0 Å². The van der Waals surface area contributed by atoms with E-state index in [4.69, 9.17) is 16.3 Å². The lowest BCUT2D eigenvalue weighted by Gasteiger charge is -2.25. The second-order valence-electron chi connectivity index (χ2n) is 3.75. The Hall–Kier alpha value is -0.0500. The zero-order valence-corrected chi connectivity index (χ0v) is 9.69. The van der Waals surface area contributed by atoms with Crippen molar-refractivity contribution in [3.8, 4) is 0 Å². The summed E-state index contributed by atoms with van der Waals surface area (Å²) in [6.45, 7) is 1.77. The van der Waals surface area contributed by atoms with Crippen LogP contribution in [0.15, 0.2) is 17.5 Å². The molecule has 0 N–H and O–H groups in total. The van der Waals surface area contributed by atoms with Gasteiger partial charge in [0, 0.05) is 23.5 Å². The lowest BCUT2D eigenvalue weighted by molar-refractivity contribution is 0.0652. The van der Waals surface area contributed by atoms with Gasteiger partial charge in [-0.1, -0.05) is 6.07 Å². The highest BCUT2D eigenvalue weighted by atomic mass is 35.5. The molecular weight excluding hydrogens is 216 g/mol. The average molecular weight is 231 g/mol. The second-order valence-corrected chi connectivity index (χ2v) is 5.34. The maximum Gasteiger partial charge on any atom is 0.0469 e. The van der Waals surface area contributed by atoms with E-state index in [1.165, 1.54) is 4.88 Å². The van der Waals surface area contributed by atoms with E-state index in [2.05, 4.69) is 17.5 Å². The van der Waals surface area contributed by atoms with Gasteiger partial charge in [0.15, 0.2) is 0 Å². The molecule has 0 spiro atoms. The van der Waals surface area contributed by atoms with Crippen molar-refractivity contribution in [3.05, 3.63) is 22.4 Å². The van der Waals surface area contributed by atoms with Crippen LogP contribution in [-0.4, -0.2) is 18.6 Å². The van der Waals surface area contributed by atoms with Gasteiger partial charge in [0.05, 0.1) is 0 Å². The summed E-state index contributed by atoms with van der Waals surface area (Å²) in [5, 5.41) is 2.40. The zero-order valence-electron chi connectivity index (χ0n) is 8.12. The monoisotopic (exact) mass is 230 g/mol. The third kappa shape index (κ3) is 2.72. The van der Waals surface area contributed by atoms with Gasteiger partial charge >= 0.3 is 0 Å². The Morgan fingerprint density at radius 3 is 2.93 bits per heavy atom. The quantitative estimate of drug-likeness (QED) is 0.724. The molecule has 3 heteroatoms. The number of rotatable bonds is 3. The molecule has 0 saturated carbocycles. The highest BCUT2D eigenvalue weighted by Gasteiger charge is 2.22. The van der Waals surface area contributed by atoms with Gasteiger partial charge in [0.25, 0.3) is 0 Å². The number of ether oxygens (including phenoxy) is 1. The molecule has 1 aliphatic rings. The average Bonchev–Trinajstić information content (AvgIpc) is 2.72. The molecule has 1 aliphatic heterocycles. The molecule has 1 unspecified atom stereocenters. The third-order valence-corrected chi connectivity index (χ3v) is 4.16. The first kappa shape index (κ1) is 10.5. The molecule has 0 bridgehead atoms. The van der Waals surface area contributed by atoms with Crippen molar-refractivity contribution in [2.45, 2.75) is 24.6 Å². The minimum absolute atomic E-state index is 0.289. The van der Waals surface area contributed by atoms with E-state index >= 15 is 0 Å². The number of hydrogen-bond donors (Lipinski definition) is 0. The van der Waals surface area contributed by atoms with Crippen LogP contribution in [-0.2, 0) is 11.2 Å². The van der Waals surface area contributed by atoms with Gasteiger partial charge < -0.3 is 4.74 Å². The van der Waals surface area contributed by atoms with Crippen LogP contribution >= 0.6 is 22.9 Å². The van der Waals surface area contributed by atoms with Gasteiger partial charge in [-0.3, -0.25) is 0 Å².